The smallest absolute Gasteiger partial charge is 0.256 e. The molecule has 2 aliphatic heterocycles. The third-order valence-electron chi connectivity index (χ3n) is 5.65. The summed E-state index contributed by atoms with van der Waals surface area (Å²) in [6.07, 6.45) is -3.52. The Morgan fingerprint density at radius 2 is 2.17 bits per heavy atom. The summed E-state index contributed by atoms with van der Waals surface area (Å²) in [5.74, 6) is -1.60. The molecule has 3 aromatic rings. The molecular weight excluding hydrogens is 383 g/mol. The summed E-state index contributed by atoms with van der Waals surface area (Å²) in [6.45, 7) is -0.956. The second-order valence-corrected chi connectivity index (χ2v) is 7.59. The minimum Gasteiger partial charge on any atom is -0.356 e. The predicted molar refractivity (Wildman–Crippen MR) is 112 cm³/mol. The quantitative estimate of drug-likeness (QED) is 0.647. The number of halogens is 1. The number of rotatable bonds is 4. The molecule has 4 heterocycles. The first-order valence-corrected chi connectivity index (χ1v) is 10.0. The van der Waals surface area contributed by atoms with E-state index in [2.05, 4.69) is 10.1 Å². The number of benzene rings is 1. The molecule has 0 amide bonds. The summed E-state index contributed by atoms with van der Waals surface area (Å²) in [5, 5.41) is 4.02. The first-order valence-electron chi connectivity index (χ1n) is 14.5. The number of aromatic nitrogens is 3. The van der Waals surface area contributed by atoms with Crippen LogP contribution in [0.4, 0.5) is 4.39 Å². The normalized spacial score (nSPS) is 25.1. The molecule has 2 aromatic heterocycles. The van der Waals surface area contributed by atoms with Gasteiger partial charge in [0.1, 0.15) is 11.6 Å². The van der Waals surface area contributed by atoms with Crippen LogP contribution in [0.25, 0.3) is 11.0 Å². The first kappa shape index (κ1) is 11.7. The summed E-state index contributed by atoms with van der Waals surface area (Å²) in [5.41, 5.74) is -1.22. The van der Waals surface area contributed by atoms with Gasteiger partial charge < -0.3 is 9.42 Å². The monoisotopic (exact) mass is 419 g/mol. The van der Waals surface area contributed by atoms with Gasteiger partial charge in [-0.1, -0.05) is 5.16 Å². The highest BCUT2D eigenvalue weighted by molar-refractivity contribution is 5.79. The van der Waals surface area contributed by atoms with Gasteiger partial charge in [-0.15, -0.1) is 0 Å². The molecule has 0 unspecified atom stereocenters. The highest BCUT2D eigenvalue weighted by Crippen LogP contribution is 2.32. The van der Waals surface area contributed by atoms with E-state index >= 15 is 0 Å². The topological polar surface area (TPSA) is 64.2 Å². The molecule has 6 nitrogen and oxygen atoms in total. The molecule has 1 saturated heterocycles. The van der Waals surface area contributed by atoms with E-state index in [0.29, 0.717) is 6.42 Å². The van der Waals surface area contributed by atoms with Gasteiger partial charge in [0.15, 0.2) is 5.58 Å². The van der Waals surface area contributed by atoms with Gasteiger partial charge in [0.05, 0.1) is 9.81 Å². The van der Waals surface area contributed by atoms with Crippen LogP contribution in [0.15, 0.2) is 27.4 Å². The van der Waals surface area contributed by atoms with Gasteiger partial charge in [0, 0.05) is 56.2 Å². The number of nitrogens with zero attached hydrogens (tertiary/aromatic N) is 4. The maximum atomic E-state index is 14.1. The Hall–Kier alpha value is -2.54. The van der Waals surface area contributed by atoms with Gasteiger partial charge >= 0.3 is 0 Å². The standard InChI is InChI=1S/C23H27FN4O2/c1-15-18(23(29)28-10-3-2-4-21(28)25-15)9-13-27-11-7-16(8-12-27)22-19-6-5-17(24)14-20(19)30-26-22/h5-6,14,16H,2-4,7-13H2,1H3/i4D2,5D,6D,9D2,13D2,14D. The van der Waals surface area contributed by atoms with Crippen molar-refractivity contribution in [3.05, 3.63) is 57.1 Å². The van der Waals surface area contributed by atoms with E-state index in [9.17, 15) is 9.18 Å². The van der Waals surface area contributed by atoms with Gasteiger partial charge in [0.2, 0.25) is 0 Å². The molecule has 30 heavy (non-hydrogen) atoms. The van der Waals surface area contributed by atoms with Crippen molar-refractivity contribution in [3.63, 3.8) is 0 Å². The third kappa shape index (κ3) is 3.55. The van der Waals surface area contributed by atoms with E-state index in [4.69, 9.17) is 16.9 Å². The lowest BCUT2D eigenvalue weighted by Crippen LogP contribution is -2.37. The molecule has 1 aromatic carbocycles. The van der Waals surface area contributed by atoms with Crippen molar-refractivity contribution in [1.29, 1.82) is 0 Å². The molecule has 2 aliphatic rings. The lowest BCUT2D eigenvalue weighted by atomic mass is 9.91. The van der Waals surface area contributed by atoms with Crippen LogP contribution in [-0.4, -0.2) is 39.2 Å². The first-order chi connectivity index (χ1) is 18.1. The Bertz CT molecular complexity index is 1530. The Morgan fingerprint density at radius 1 is 1.33 bits per heavy atom. The SMILES string of the molecule is [2H]c1c(F)c([2H])c2onc(C3CCN(C([2H])([2H])C([2H])([2H])c4c(C)nc5n(c4=O)CCCC5([2H])[2H])CC3)c2c1[2H]. The second kappa shape index (κ2) is 7.95. The van der Waals surface area contributed by atoms with Crippen molar-refractivity contribution < 1.29 is 21.3 Å². The van der Waals surface area contributed by atoms with Crippen molar-refractivity contribution in [2.45, 2.75) is 57.8 Å². The van der Waals surface area contributed by atoms with Crippen LogP contribution in [0.2, 0.25) is 0 Å². The molecule has 0 N–H and O–H groups in total. The number of likely N-dealkylation sites (tertiary alicyclic amines) is 1. The zero-order valence-corrected chi connectivity index (χ0v) is 16.5. The zero-order valence-electron chi connectivity index (χ0n) is 25.5. The molecule has 1 fully saturated rings. The van der Waals surface area contributed by atoms with Crippen molar-refractivity contribution in [3.8, 4) is 0 Å². The summed E-state index contributed by atoms with van der Waals surface area (Å²) in [7, 11) is 0. The fourth-order valence-corrected chi connectivity index (χ4v) is 4.02. The minimum absolute atomic E-state index is 0.0533. The predicted octanol–water partition coefficient (Wildman–Crippen LogP) is 3.59. The van der Waals surface area contributed by atoms with Crippen molar-refractivity contribution in [2.75, 3.05) is 19.6 Å². The van der Waals surface area contributed by atoms with Crippen molar-refractivity contribution >= 4 is 11.0 Å². The van der Waals surface area contributed by atoms with Crippen LogP contribution < -0.4 is 5.56 Å². The molecule has 0 bridgehead atoms. The van der Waals surface area contributed by atoms with E-state index in [-0.39, 0.29) is 73.0 Å². The highest BCUT2D eigenvalue weighted by Gasteiger charge is 2.25. The number of aryl methyl sites for hydroxylation is 2. The highest BCUT2D eigenvalue weighted by atomic mass is 19.1. The molecule has 5 rings (SSSR count). The van der Waals surface area contributed by atoms with E-state index in [1.54, 1.807) is 0 Å². The van der Waals surface area contributed by atoms with Crippen LogP contribution in [-0.2, 0) is 19.3 Å². The molecule has 0 aliphatic carbocycles. The number of hydrogen-bond donors (Lipinski definition) is 0. The Kier molecular flexibility index (Phi) is 3.11. The van der Waals surface area contributed by atoms with Gasteiger partial charge in [0.25, 0.3) is 5.56 Å². The maximum Gasteiger partial charge on any atom is 0.256 e. The minimum atomic E-state index is -2.78. The van der Waals surface area contributed by atoms with E-state index in [1.807, 2.05) is 0 Å². The Labute approximate surface area is 187 Å². The average Bonchev–Trinajstić information content (AvgIpc) is 3.32. The molecule has 0 radical (unpaired) electrons. The lowest BCUT2D eigenvalue weighted by molar-refractivity contribution is 0.211. The molecule has 0 atom stereocenters. The van der Waals surface area contributed by atoms with Crippen LogP contribution in [0.1, 0.15) is 66.7 Å². The fraction of sp³-hybridized carbons (Fsp3) is 0.522. The van der Waals surface area contributed by atoms with Gasteiger partial charge in [-0.05, 0) is 64.2 Å². The van der Waals surface area contributed by atoms with Crippen LogP contribution in [0.3, 0.4) is 0 Å². The molecule has 158 valence electrons. The average molecular weight is 420 g/mol. The van der Waals surface area contributed by atoms with Gasteiger partial charge in [-0.2, -0.15) is 0 Å². The Morgan fingerprint density at radius 3 is 3.00 bits per heavy atom. The largest absolute Gasteiger partial charge is 0.356 e. The van der Waals surface area contributed by atoms with Crippen LogP contribution >= 0.6 is 0 Å². The number of piperidine rings is 1. The van der Waals surface area contributed by atoms with Crippen molar-refractivity contribution in [1.82, 2.24) is 19.6 Å². The van der Waals surface area contributed by atoms with E-state index in [1.165, 1.54) is 11.8 Å². The number of fused-ring (bicyclic) bond motifs is 2. The molecule has 0 saturated carbocycles. The fourth-order valence-electron chi connectivity index (χ4n) is 4.02. The zero-order chi connectivity index (χ0) is 28.7. The van der Waals surface area contributed by atoms with Crippen molar-refractivity contribution in [2.24, 2.45) is 0 Å². The molecular formula is C23H27FN4O2. The van der Waals surface area contributed by atoms with Crippen LogP contribution in [0.5, 0.6) is 0 Å². The summed E-state index contributed by atoms with van der Waals surface area (Å²) in [4.78, 5) is 18.9. The maximum absolute atomic E-state index is 14.1. The summed E-state index contributed by atoms with van der Waals surface area (Å²) < 4.78 is 95.6. The van der Waals surface area contributed by atoms with Crippen LogP contribution in [0, 0.1) is 12.7 Å². The second-order valence-electron chi connectivity index (χ2n) is 7.59. The van der Waals surface area contributed by atoms with Gasteiger partial charge in [-0.3, -0.25) is 9.36 Å². The van der Waals surface area contributed by atoms with E-state index < -0.39 is 54.3 Å². The number of hydrogen-bond acceptors (Lipinski definition) is 5. The lowest BCUT2D eigenvalue weighted by Gasteiger charge is -2.31. The Balaban J connectivity index is 1.44. The van der Waals surface area contributed by atoms with Gasteiger partial charge in [-0.25, -0.2) is 9.37 Å². The summed E-state index contributed by atoms with van der Waals surface area (Å²) in [6, 6.07) is -1.82. The third-order valence-corrected chi connectivity index (χ3v) is 5.65. The molecule has 7 heteroatoms. The summed E-state index contributed by atoms with van der Waals surface area (Å²) >= 11 is 0. The van der Waals surface area contributed by atoms with E-state index in [0.717, 1.165) is 4.57 Å². The molecule has 0 spiro atoms.